The molecule has 142 valence electrons. The van der Waals surface area contributed by atoms with Crippen LogP contribution in [-0.4, -0.2) is 37.1 Å². The van der Waals surface area contributed by atoms with Crippen molar-refractivity contribution in [1.82, 2.24) is 16.0 Å². The smallest absolute Gasteiger partial charge is 0.239 e. The van der Waals surface area contributed by atoms with Gasteiger partial charge in [0.1, 0.15) is 11.4 Å². The van der Waals surface area contributed by atoms with E-state index in [4.69, 9.17) is 4.74 Å². The summed E-state index contributed by atoms with van der Waals surface area (Å²) in [6, 6.07) is 8.47. The van der Waals surface area contributed by atoms with E-state index in [0.29, 0.717) is 5.96 Å². The predicted molar refractivity (Wildman–Crippen MR) is 103 cm³/mol. The zero-order chi connectivity index (χ0) is 18.6. The van der Waals surface area contributed by atoms with Crippen LogP contribution in [-0.2, 0) is 4.79 Å². The number of hydrogen-bond donors (Lipinski definition) is 3. The molecule has 0 saturated heterocycles. The van der Waals surface area contributed by atoms with Crippen LogP contribution in [0.3, 0.4) is 0 Å². The van der Waals surface area contributed by atoms with E-state index in [0.717, 1.165) is 30.6 Å². The zero-order valence-electron chi connectivity index (χ0n) is 16.0. The van der Waals surface area contributed by atoms with Gasteiger partial charge in [0.25, 0.3) is 0 Å². The van der Waals surface area contributed by atoms with Gasteiger partial charge in [0.15, 0.2) is 5.96 Å². The average molecular weight is 358 g/mol. The van der Waals surface area contributed by atoms with Crippen molar-refractivity contribution >= 4 is 11.9 Å². The van der Waals surface area contributed by atoms with Crippen LogP contribution in [0.25, 0.3) is 0 Å². The Labute approximate surface area is 155 Å². The molecule has 0 radical (unpaired) electrons. The summed E-state index contributed by atoms with van der Waals surface area (Å²) in [6.07, 6.45) is 5.56. The quantitative estimate of drug-likeness (QED) is 0.571. The summed E-state index contributed by atoms with van der Waals surface area (Å²) >= 11 is 0. The molecule has 0 bridgehead atoms. The molecular weight excluding hydrogens is 328 g/mol. The Hall–Kier alpha value is -2.24. The number of hydrogen-bond acceptors (Lipinski definition) is 3. The van der Waals surface area contributed by atoms with Gasteiger partial charge in [-0.3, -0.25) is 9.79 Å². The molecule has 1 aliphatic heterocycles. The average Bonchev–Trinajstić information content (AvgIpc) is 3.05. The first-order valence-electron chi connectivity index (χ1n) is 9.56. The number of rotatable bonds is 4. The first-order valence-corrected chi connectivity index (χ1v) is 9.56. The van der Waals surface area contributed by atoms with E-state index in [1.165, 1.54) is 12.8 Å². The lowest BCUT2D eigenvalue weighted by atomic mass is 9.86. The van der Waals surface area contributed by atoms with E-state index in [2.05, 4.69) is 33.1 Å². The summed E-state index contributed by atoms with van der Waals surface area (Å²) in [5.41, 5.74) is 1.08. The van der Waals surface area contributed by atoms with Crippen LogP contribution in [0.1, 0.15) is 57.6 Å². The van der Waals surface area contributed by atoms with Gasteiger partial charge in [-0.05, 0) is 45.6 Å². The third-order valence-electron chi connectivity index (χ3n) is 5.11. The molecule has 3 N–H and O–H groups in total. The number of nitrogens with zero attached hydrogens (tertiary/aromatic N) is 1. The van der Waals surface area contributed by atoms with E-state index in [1.807, 2.05) is 26.0 Å². The van der Waals surface area contributed by atoms with Gasteiger partial charge in [-0.15, -0.1) is 0 Å². The van der Waals surface area contributed by atoms with Gasteiger partial charge in [0.2, 0.25) is 5.91 Å². The molecule has 1 amide bonds. The maximum Gasteiger partial charge on any atom is 0.239 e. The van der Waals surface area contributed by atoms with Crippen LogP contribution in [0.15, 0.2) is 29.3 Å². The molecule has 26 heavy (non-hydrogen) atoms. The lowest BCUT2D eigenvalue weighted by molar-refractivity contribution is -0.120. The van der Waals surface area contributed by atoms with Gasteiger partial charge in [-0.2, -0.15) is 0 Å². The number of amides is 1. The highest BCUT2D eigenvalue weighted by Gasteiger charge is 2.43. The molecule has 1 fully saturated rings. The van der Waals surface area contributed by atoms with Crippen molar-refractivity contribution in [1.29, 1.82) is 0 Å². The van der Waals surface area contributed by atoms with Gasteiger partial charge in [-0.25, -0.2) is 0 Å². The van der Waals surface area contributed by atoms with Gasteiger partial charge >= 0.3 is 0 Å². The largest absolute Gasteiger partial charge is 0.487 e. The molecule has 1 aliphatic carbocycles. The molecule has 1 heterocycles. The number of carbonyl (C=O) groups excluding carboxylic acids is 1. The van der Waals surface area contributed by atoms with Crippen molar-refractivity contribution < 1.29 is 9.53 Å². The van der Waals surface area contributed by atoms with Crippen molar-refractivity contribution in [3.8, 4) is 5.75 Å². The Morgan fingerprint density at radius 1 is 1.31 bits per heavy atom. The van der Waals surface area contributed by atoms with E-state index in [-0.39, 0.29) is 30.1 Å². The molecule has 1 atom stereocenters. The Kier molecular flexibility index (Phi) is 5.69. The van der Waals surface area contributed by atoms with Gasteiger partial charge in [0, 0.05) is 25.1 Å². The number of para-hydroxylation sites is 1. The fourth-order valence-electron chi connectivity index (χ4n) is 3.97. The minimum atomic E-state index is -0.0696. The standard InChI is InChI=1S/C20H30N4O2/c1-14(2)23-18(25)13-22-19(21-3)24-16-12-20(10-6-7-11-20)26-17-9-5-4-8-15(16)17/h4-5,8-9,14,16H,6-7,10-13H2,1-3H3,(H,23,25)(H2,21,22,24). The molecule has 6 nitrogen and oxygen atoms in total. The highest BCUT2D eigenvalue weighted by molar-refractivity contribution is 5.86. The molecule has 6 heteroatoms. The van der Waals surface area contributed by atoms with Crippen molar-refractivity contribution in [2.75, 3.05) is 13.6 Å². The third kappa shape index (κ3) is 4.29. The Morgan fingerprint density at radius 2 is 2.04 bits per heavy atom. The number of ether oxygens (including phenoxy) is 1. The topological polar surface area (TPSA) is 74.8 Å². The van der Waals surface area contributed by atoms with Crippen LogP contribution in [0.4, 0.5) is 0 Å². The lowest BCUT2D eigenvalue weighted by Gasteiger charge is -2.40. The molecule has 1 spiro atoms. The third-order valence-corrected chi connectivity index (χ3v) is 5.11. The fraction of sp³-hybridized carbons (Fsp3) is 0.600. The van der Waals surface area contributed by atoms with Crippen LogP contribution in [0, 0.1) is 0 Å². The molecule has 2 aliphatic rings. The van der Waals surface area contributed by atoms with Crippen molar-refractivity contribution in [2.24, 2.45) is 4.99 Å². The minimum absolute atomic E-state index is 0.0393. The first kappa shape index (κ1) is 18.5. The second-order valence-corrected chi connectivity index (χ2v) is 7.58. The maximum absolute atomic E-state index is 11.9. The maximum atomic E-state index is 11.9. The van der Waals surface area contributed by atoms with Crippen molar-refractivity contribution in [3.05, 3.63) is 29.8 Å². The molecule has 1 aromatic carbocycles. The Bertz CT molecular complexity index is 666. The SMILES string of the molecule is CN=C(NCC(=O)NC(C)C)NC1CC2(CCCC2)Oc2ccccc21. The van der Waals surface area contributed by atoms with Gasteiger partial charge in [0.05, 0.1) is 12.6 Å². The van der Waals surface area contributed by atoms with Crippen LogP contribution < -0.4 is 20.7 Å². The van der Waals surface area contributed by atoms with Gasteiger partial charge < -0.3 is 20.7 Å². The first-order chi connectivity index (χ1) is 12.5. The Morgan fingerprint density at radius 3 is 2.73 bits per heavy atom. The number of benzene rings is 1. The highest BCUT2D eigenvalue weighted by atomic mass is 16.5. The summed E-state index contributed by atoms with van der Waals surface area (Å²) in [4.78, 5) is 16.2. The van der Waals surface area contributed by atoms with Crippen LogP contribution in [0.2, 0.25) is 0 Å². The summed E-state index contributed by atoms with van der Waals surface area (Å²) in [7, 11) is 1.73. The van der Waals surface area contributed by atoms with E-state index < -0.39 is 0 Å². The van der Waals surface area contributed by atoms with E-state index >= 15 is 0 Å². The molecule has 1 saturated carbocycles. The molecule has 3 rings (SSSR count). The van der Waals surface area contributed by atoms with Crippen molar-refractivity contribution in [2.45, 2.75) is 63.6 Å². The normalized spacial score (nSPS) is 21.2. The summed E-state index contributed by atoms with van der Waals surface area (Å²) < 4.78 is 6.40. The second kappa shape index (κ2) is 7.98. The number of guanidine groups is 1. The van der Waals surface area contributed by atoms with E-state index in [9.17, 15) is 4.79 Å². The predicted octanol–water partition coefficient (Wildman–Crippen LogP) is 2.51. The summed E-state index contributed by atoms with van der Waals surface area (Å²) in [6.45, 7) is 4.10. The molecular formula is C20H30N4O2. The van der Waals surface area contributed by atoms with Crippen LogP contribution >= 0.6 is 0 Å². The number of aliphatic imine (C=N–C) groups is 1. The van der Waals surface area contributed by atoms with Gasteiger partial charge in [-0.1, -0.05) is 18.2 Å². The number of carbonyl (C=O) groups is 1. The fourth-order valence-corrected chi connectivity index (χ4v) is 3.97. The number of fused-ring (bicyclic) bond motifs is 1. The molecule has 1 unspecified atom stereocenters. The lowest BCUT2D eigenvalue weighted by Crippen LogP contribution is -2.48. The molecule has 0 aromatic heterocycles. The minimum Gasteiger partial charge on any atom is -0.487 e. The Balaban J connectivity index is 1.69. The van der Waals surface area contributed by atoms with Crippen molar-refractivity contribution in [3.63, 3.8) is 0 Å². The highest BCUT2D eigenvalue weighted by Crippen LogP contribution is 2.46. The molecule has 1 aromatic rings. The summed E-state index contributed by atoms with van der Waals surface area (Å²) in [5.74, 6) is 1.56. The van der Waals surface area contributed by atoms with E-state index in [1.54, 1.807) is 7.05 Å². The summed E-state index contributed by atoms with van der Waals surface area (Å²) in [5, 5.41) is 9.50. The number of nitrogens with one attached hydrogen (secondary N) is 3. The second-order valence-electron chi connectivity index (χ2n) is 7.58. The van der Waals surface area contributed by atoms with Crippen LogP contribution in [0.5, 0.6) is 5.75 Å². The zero-order valence-corrected chi connectivity index (χ0v) is 16.0. The monoisotopic (exact) mass is 358 g/mol.